The summed E-state index contributed by atoms with van der Waals surface area (Å²) >= 11 is 1.32. The fraction of sp³-hybridized carbons (Fsp3) is 0.615. The highest BCUT2D eigenvalue weighted by Crippen LogP contribution is 2.40. The summed E-state index contributed by atoms with van der Waals surface area (Å²) in [6.45, 7) is 4.09. The van der Waals surface area contributed by atoms with Gasteiger partial charge in [-0.15, -0.1) is 0 Å². The molecule has 1 aromatic rings. The molecule has 0 saturated carbocycles. The average Bonchev–Trinajstić information content (AvgIpc) is 3.08. The molecular weight excluding hydrogens is 274 g/mol. The Balaban J connectivity index is 1.46. The number of ether oxygens (including phenoxy) is 1. The van der Waals surface area contributed by atoms with Gasteiger partial charge in [0.05, 0.1) is 12.7 Å². The molecule has 5 rings (SSSR count). The predicted molar refractivity (Wildman–Crippen MR) is 75.7 cm³/mol. The van der Waals surface area contributed by atoms with Crippen molar-refractivity contribution >= 4 is 22.5 Å². The third-order valence-electron chi connectivity index (χ3n) is 4.44. The Morgan fingerprint density at radius 2 is 2.35 bits per heavy atom. The number of hydrogen-bond acceptors (Lipinski definition) is 7. The van der Waals surface area contributed by atoms with Gasteiger partial charge in [0, 0.05) is 12.5 Å². The van der Waals surface area contributed by atoms with Crippen LogP contribution in [0.2, 0.25) is 0 Å². The quantitative estimate of drug-likeness (QED) is 0.843. The number of fused-ring (bicyclic) bond motifs is 2. The molecule has 5 heterocycles. The first kappa shape index (κ1) is 12.1. The summed E-state index contributed by atoms with van der Waals surface area (Å²) in [7, 11) is 0. The van der Waals surface area contributed by atoms with E-state index in [-0.39, 0.29) is 5.60 Å². The highest BCUT2D eigenvalue weighted by molar-refractivity contribution is 7.16. The maximum Gasteiger partial charge on any atom is 0.291 e. The van der Waals surface area contributed by atoms with Gasteiger partial charge in [-0.05, 0) is 25.9 Å². The van der Waals surface area contributed by atoms with Gasteiger partial charge in [0.2, 0.25) is 0 Å². The van der Waals surface area contributed by atoms with Crippen molar-refractivity contribution in [2.75, 3.05) is 31.5 Å². The van der Waals surface area contributed by atoms with Crippen LogP contribution in [0.5, 0.6) is 0 Å². The highest BCUT2D eigenvalue weighted by atomic mass is 32.1. The fourth-order valence-electron chi connectivity index (χ4n) is 3.42. The number of aromatic nitrogens is 1. The lowest BCUT2D eigenvalue weighted by Crippen LogP contribution is -2.61. The van der Waals surface area contributed by atoms with E-state index in [2.05, 4.69) is 26.3 Å². The molecule has 20 heavy (non-hydrogen) atoms. The van der Waals surface area contributed by atoms with E-state index in [0.717, 1.165) is 13.1 Å². The van der Waals surface area contributed by atoms with Crippen LogP contribution >= 0.6 is 11.3 Å². The third-order valence-corrected chi connectivity index (χ3v) is 5.26. The van der Waals surface area contributed by atoms with E-state index in [1.54, 1.807) is 6.20 Å². The summed E-state index contributed by atoms with van der Waals surface area (Å²) in [5, 5.41) is 12.6. The summed E-state index contributed by atoms with van der Waals surface area (Å²) < 4.78 is 6.15. The van der Waals surface area contributed by atoms with E-state index in [1.807, 2.05) is 0 Å². The van der Waals surface area contributed by atoms with Gasteiger partial charge < -0.3 is 4.74 Å². The maximum atomic E-state index is 8.81. The largest absolute Gasteiger partial charge is 0.455 e. The zero-order valence-electron chi connectivity index (χ0n) is 11.0. The molecule has 1 unspecified atom stereocenters. The van der Waals surface area contributed by atoms with Crippen LogP contribution in [0.1, 0.15) is 17.7 Å². The number of rotatable bonds is 1. The van der Waals surface area contributed by atoms with Gasteiger partial charge in [-0.2, -0.15) is 5.26 Å². The van der Waals surface area contributed by atoms with E-state index in [9.17, 15) is 0 Å². The van der Waals surface area contributed by atoms with Crippen LogP contribution in [0.4, 0.5) is 5.13 Å². The molecule has 0 aromatic carbocycles. The molecule has 2 bridgehead atoms. The molecule has 1 atom stereocenters. The second kappa shape index (κ2) is 4.43. The first-order valence-corrected chi connectivity index (χ1v) is 7.68. The van der Waals surface area contributed by atoms with Crippen LogP contribution in [0.3, 0.4) is 0 Å². The Hall–Kier alpha value is -1.65. The van der Waals surface area contributed by atoms with Crippen molar-refractivity contribution in [2.45, 2.75) is 18.4 Å². The molecule has 7 heteroatoms. The number of aliphatic imine (C=N–C) groups is 1. The molecular formula is C13H15N5OS. The van der Waals surface area contributed by atoms with Gasteiger partial charge in [0.15, 0.2) is 5.13 Å². The van der Waals surface area contributed by atoms with Gasteiger partial charge >= 0.3 is 0 Å². The Kier molecular flexibility index (Phi) is 2.69. The minimum Gasteiger partial charge on any atom is -0.455 e. The normalized spacial score (nSPS) is 34.6. The summed E-state index contributed by atoms with van der Waals surface area (Å²) in [4.78, 5) is 11.7. The standard InChI is InChI=1S/C13H15N5OS/c14-5-10-6-15-12(20-10)17-11-16-7-13(19-11)8-18-3-1-9(13)2-4-18/h6,9H,1-4,7-8H2,(H,15,16,17). The van der Waals surface area contributed by atoms with Crippen molar-refractivity contribution in [1.29, 1.82) is 5.26 Å². The van der Waals surface area contributed by atoms with Crippen LogP contribution in [-0.2, 0) is 4.74 Å². The summed E-state index contributed by atoms with van der Waals surface area (Å²) in [6.07, 6.45) is 3.98. The Labute approximate surface area is 121 Å². The lowest BCUT2D eigenvalue weighted by atomic mass is 9.75. The van der Waals surface area contributed by atoms with Crippen molar-refractivity contribution in [3.8, 4) is 6.07 Å². The molecule has 104 valence electrons. The number of nitrogens with zero attached hydrogens (tertiary/aromatic N) is 4. The average molecular weight is 289 g/mol. The number of piperidine rings is 3. The molecule has 1 aromatic heterocycles. The molecule has 1 N–H and O–H groups in total. The number of nitrogens with one attached hydrogen (secondary N) is 1. The minimum absolute atomic E-state index is 0.131. The SMILES string of the molecule is N#Cc1cnc(NC2=NCC3(CN4CCC3CC4)O2)s1. The van der Waals surface area contributed by atoms with E-state index in [0.29, 0.717) is 21.9 Å². The summed E-state index contributed by atoms with van der Waals surface area (Å²) in [5.74, 6) is 0.613. The lowest BCUT2D eigenvalue weighted by Gasteiger charge is -2.50. The minimum atomic E-state index is -0.131. The number of nitriles is 1. The predicted octanol–water partition coefficient (Wildman–Crippen LogP) is 1.28. The Bertz CT molecular complexity index is 598. The second-order valence-electron chi connectivity index (χ2n) is 5.61. The van der Waals surface area contributed by atoms with Crippen molar-refractivity contribution in [3.05, 3.63) is 11.1 Å². The summed E-state index contributed by atoms with van der Waals surface area (Å²) in [6, 6.07) is 2.63. The highest BCUT2D eigenvalue weighted by Gasteiger charge is 2.51. The number of anilines is 1. The third kappa shape index (κ3) is 1.87. The van der Waals surface area contributed by atoms with E-state index >= 15 is 0 Å². The first-order chi connectivity index (χ1) is 9.77. The zero-order chi connectivity index (χ0) is 13.6. The van der Waals surface area contributed by atoms with Crippen LogP contribution in [0, 0.1) is 17.2 Å². The van der Waals surface area contributed by atoms with Crippen molar-refractivity contribution < 1.29 is 4.74 Å². The van der Waals surface area contributed by atoms with Gasteiger partial charge in [-0.3, -0.25) is 10.2 Å². The number of hydrogen-bond donors (Lipinski definition) is 1. The molecule has 6 nitrogen and oxygen atoms in total. The van der Waals surface area contributed by atoms with Crippen molar-refractivity contribution in [1.82, 2.24) is 9.88 Å². The zero-order valence-corrected chi connectivity index (χ0v) is 11.8. The molecule has 0 aliphatic carbocycles. The van der Waals surface area contributed by atoms with Gasteiger partial charge in [0.1, 0.15) is 16.5 Å². The topological polar surface area (TPSA) is 73.5 Å². The lowest BCUT2D eigenvalue weighted by molar-refractivity contribution is -0.0829. The monoisotopic (exact) mass is 289 g/mol. The van der Waals surface area contributed by atoms with Crippen LogP contribution in [0.25, 0.3) is 0 Å². The maximum absolute atomic E-state index is 8.81. The molecule has 4 aliphatic heterocycles. The van der Waals surface area contributed by atoms with Crippen LogP contribution in [-0.4, -0.2) is 47.7 Å². The Morgan fingerprint density at radius 3 is 3.00 bits per heavy atom. The van der Waals surface area contributed by atoms with Crippen molar-refractivity contribution in [3.63, 3.8) is 0 Å². The van der Waals surface area contributed by atoms with E-state index in [4.69, 9.17) is 10.00 Å². The number of thiazole rings is 1. The molecule has 3 saturated heterocycles. The fourth-order valence-corrected chi connectivity index (χ4v) is 4.03. The number of amidine groups is 1. The molecule has 0 radical (unpaired) electrons. The van der Waals surface area contributed by atoms with Crippen LogP contribution in [0.15, 0.2) is 11.2 Å². The van der Waals surface area contributed by atoms with Gasteiger partial charge in [-0.1, -0.05) is 11.3 Å². The van der Waals surface area contributed by atoms with E-state index < -0.39 is 0 Å². The first-order valence-electron chi connectivity index (χ1n) is 6.86. The van der Waals surface area contributed by atoms with E-state index in [1.165, 1.54) is 37.3 Å². The van der Waals surface area contributed by atoms with Gasteiger partial charge in [0.25, 0.3) is 6.02 Å². The summed E-state index contributed by atoms with van der Waals surface area (Å²) in [5.41, 5.74) is -0.131. The van der Waals surface area contributed by atoms with Crippen molar-refractivity contribution in [2.24, 2.45) is 10.9 Å². The van der Waals surface area contributed by atoms with Crippen LogP contribution < -0.4 is 5.32 Å². The molecule has 3 fully saturated rings. The molecule has 4 aliphatic rings. The smallest absolute Gasteiger partial charge is 0.291 e. The van der Waals surface area contributed by atoms with Gasteiger partial charge in [-0.25, -0.2) is 9.98 Å². The molecule has 0 amide bonds. The Morgan fingerprint density at radius 1 is 1.50 bits per heavy atom. The molecule has 1 spiro atoms. The second-order valence-corrected chi connectivity index (χ2v) is 6.64.